The maximum Gasteiger partial charge on any atom is 0.147 e. The van der Waals surface area contributed by atoms with Crippen LogP contribution in [0.3, 0.4) is 0 Å². The molecule has 1 aliphatic heterocycles. The number of fused-ring (bicyclic) bond motifs is 1. The molecule has 0 amide bonds. The molecular formula is C8H14O3. The van der Waals surface area contributed by atoms with Crippen LogP contribution in [0.1, 0.15) is 25.7 Å². The van der Waals surface area contributed by atoms with Gasteiger partial charge in [0.2, 0.25) is 0 Å². The zero-order valence-corrected chi connectivity index (χ0v) is 6.53. The van der Waals surface area contributed by atoms with Gasteiger partial charge in [0.15, 0.2) is 0 Å². The topological polar surface area (TPSA) is 38.7 Å². The second kappa shape index (κ2) is 3.09. The molecule has 0 aromatic carbocycles. The molecule has 0 spiro atoms. The fourth-order valence-corrected chi connectivity index (χ4v) is 1.86. The molecule has 1 saturated carbocycles. The van der Waals surface area contributed by atoms with E-state index in [0.717, 1.165) is 25.7 Å². The maximum atomic E-state index is 9.40. The molecule has 3 nitrogen and oxygen atoms in total. The number of aliphatic hydroxyl groups is 1. The molecule has 0 radical (unpaired) electrons. The first-order valence-electron chi connectivity index (χ1n) is 4.27. The Hall–Kier alpha value is -0.120. The van der Waals surface area contributed by atoms with Crippen molar-refractivity contribution in [2.45, 2.75) is 44.0 Å². The average molecular weight is 158 g/mol. The predicted octanol–water partition coefficient (Wildman–Crippen LogP) is 0.663. The molecule has 1 heterocycles. The van der Waals surface area contributed by atoms with Crippen molar-refractivity contribution in [3.8, 4) is 0 Å². The lowest BCUT2D eigenvalue weighted by Crippen LogP contribution is -2.23. The van der Waals surface area contributed by atoms with E-state index in [1.54, 1.807) is 0 Å². The van der Waals surface area contributed by atoms with Gasteiger partial charge in [0.05, 0.1) is 18.3 Å². The first-order chi connectivity index (χ1) is 5.36. The summed E-state index contributed by atoms with van der Waals surface area (Å²) in [5.74, 6) is 0. The Morgan fingerprint density at radius 2 is 1.91 bits per heavy atom. The molecule has 3 unspecified atom stereocenters. The second-order valence-electron chi connectivity index (χ2n) is 3.35. The molecule has 2 aliphatic rings. The van der Waals surface area contributed by atoms with Gasteiger partial charge in [-0.3, -0.25) is 0 Å². The van der Waals surface area contributed by atoms with E-state index in [9.17, 15) is 5.11 Å². The van der Waals surface area contributed by atoms with Crippen LogP contribution >= 0.6 is 0 Å². The van der Waals surface area contributed by atoms with Crippen LogP contribution in [0.15, 0.2) is 0 Å². The van der Waals surface area contributed by atoms with Crippen molar-refractivity contribution in [3.63, 3.8) is 0 Å². The lowest BCUT2D eigenvalue weighted by molar-refractivity contribution is 0.0214. The van der Waals surface area contributed by atoms with Crippen molar-refractivity contribution < 1.29 is 14.6 Å². The van der Waals surface area contributed by atoms with Crippen LogP contribution in [0, 0.1) is 0 Å². The smallest absolute Gasteiger partial charge is 0.147 e. The van der Waals surface area contributed by atoms with Crippen molar-refractivity contribution in [2.75, 3.05) is 6.79 Å². The van der Waals surface area contributed by atoms with Crippen LogP contribution in [0.2, 0.25) is 0 Å². The monoisotopic (exact) mass is 158 g/mol. The van der Waals surface area contributed by atoms with Crippen molar-refractivity contribution in [3.05, 3.63) is 0 Å². The SMILES string of the molecule is OC1CCCC2OCOC2C1. The molecule has 0 aromatic rings. The van der Waals surface area contributed by atoms with Crippen molar-refractivity contribution in [1.82, 2.24) is 0 Å². The van der Waals surface area contributed by atoms with Gasteiger partial charge in [-0.15, -0.1) is 0 Å². The molecule has 3 atom stereocenters. The molecule has 64 valence electrons. The number of hydrogen-bond acceptors (Lipinski definition) is 3. The third kappa shape index (κ3) is 1.55. The van der Waals surface area contributed by atoms with Crippen LogP contribution in [0.25, 0.3) is 0 Å². The molecule has 2 rings (SSSR count). The summed E-state index contributed by atoms with van der Waals surface area (Å²) in [7, 11) is 0. The lowest BCUT2D eigenvalue weighted by Gasteiger charge is -2.13. The van der Waals surface area contributed by atoms with Crippen molar-refractivity contribution >= 4 is 0 Å². The van der Waals surface area contributed by atoms with Gasteiger partial charge in [0, 0.05) is 6.42 Å². The maximum absolute atomic E-state index is 9.40. The number of hydrogen-bond donors (Lipinski definition) is 1. The van der Waals surface area contributed by atoms with Crippen molar-refractivity contribution in [1.29, 1.82) is 0 Å². The van der Waals surface area contributed by atoms with Crippen LogP contribution in [0.4, 0.5) is 0 Å². The van der Waals surface area contributed by atoms with Crippen LogP contribution in [0.5, 0.6) is 0 Å². The second-order valence-corrected chi connectivity index (χ2v) is 3.35. The summed E-state index contributed by atoms with van der Waals surface area (Å²) in [4.78, 5) is 0. The van der Waals surface area contributed by atoms with Crippen LogP contribution < -0.4 is 0 Å². The largest absolute Gasteiger partial charge is 0.393 e. The van der Waals surface area contributed by atoms with Gasteiger partial charge in [-0.05, 0) is 19.3 Å². The fraction of sp³-hybridized carbons (Fsp3) is 1.00. The van der Waals surface area contributed by atoms with Crippen molar-refractivity contribution in [2.24, 2.45) is 0 Å². The summed E-state index contributed by atoms with van der Waals surface area (Å²) in [6.07, 6.45) is 4.00. The molecule has 1 aliphatic carbocycles. The standard InChI is InChI=1S/C8H14O3/c9-6-2-1-3-7-8(4-6)11-5-10-7/h6-9H,1-5H2. The zero-order chi connectivity index (χ0) is 7.68. The van der Waals surface area contributed by atoms with E-state index < -0.39 is 0 Å². The summed E-state index contributed by atoms with van der Waals surface area (Å²) in [5, 5.41) is 9.40. The van der Waals surface area contributed by atoms with Gasteiger partial charge in [-0.2, -0.15) is 0 Å². The summed E-state index contributed by atoms with van der Waals surface area (Å²) in [6, 6.07) is 0. The van der Waals surface area contributed by atoms with E-state index >= 15 is 0 Å². The molecule has 0 bridgehead atoms. The van der Waals surface area contributed by atoms with E-state index in [1.807, 2.05) is 0 Å². The minimum Gasteiger partial charge on any atom is -0.393 e. The molecule has 11 heavy (non-hydrogen) atoms. The predicted molar refractivity (Wildman–Crippen MR) is 39.1 cm³/mol. The van der Waals surface area contributed by atoms with E-state index in [2.05, 4.69) is 0 Å². The minimum atomic E-state index is -0.174. The molecular weight excluding hydrogens is 144 g/mol. The highest BCUT2D eigenvalue weighted by Gasteiger charge is 2.32. The highest BCUT2D eigenvalue weighted by atomic mass is 16.7. The summed E-state index contributed by atoms with van der Waals surface area (Å²) in [5.41, 5.74) is 0. The Labute approximate surface area is 66.3 Å². The third-order valence-corrected chi connectivity index (χ3v) is 2.51. The highest BCUT2D eigenvalue weighted by molar-refractivity contribution is 4.80. The molecule has 3 heteroatoms. The normalized spacial score (nSPS) is 45.0. The van der Waals surface area contributed by atoms with E-state index in [1.165, 1.54) is 0 Å². The fourth-order valence-electron chi connectivity index (χ4n) is 1.86. The van der Waals surface area contributed by atoms with Crippen LogP contribution in [-0.2, 0) is 9.47 Å². The van der Waals surface area contributed by atoms with E-state index in [4.69, 9.17) is 9.47 Å². The first kappa shape index (κ1) is 7.53. The Morgan fingerprint density at radius 1 is 1.09 bits per heavy atom. The Morgan fingerprint density at radius 3 is 2.82 bits per heavy atom. The Bertz CT molecular complexity index is 137. The van der Waals surface area contributed by atoms with Crippen LogP contribution in [-0.4, -0.2) is 30.2 Å². The van der Waals surface area contributed by atoms with E-state index in [-0.39, 0.29) is 18.3 Å². The average Bonchev–Trinajstić information content (AvgIpc) is 2.31. The van der Waals surface area contributed by atoms with Gasteiger partial charge < -0.3 is 14.6 Å². The van der Waals surface area contributed by atoms with Gasteiger partial charge >= 0.3 is 0 Å². The third-order valence-electron chi connectivity index (χ3n) is 2.51. The molecule has 0 aromatic heterocycles. The van der Waals surface area contributed by atoms with Gasteiger partial charge in [0.25, 0.3) is 0 Å². The van der Waals surface area contributed by atoms with Gasteiger partial charge in [-0.1, -0.05) is 0 Å². The summed E-state index contributed by atoms with van der Waals surface area (Å²) >= 11 is 0. The minimum absolute atomic E-state index is 0.160. The van der Waals surface area contributed by atoms with Gasteiger partial charge in [-0.25, -0.2) is 0 Å². The number of rotatable bonds is 0. The first-order valence-corrected chi connectivity index (χ1v) is 4.27. The molecule has 1 N–H and O–H groups in total. The zero-order valence-electron chi connectivity index (χ0n) is 6.53. The summed E-state index contributed by atoms with van der Waals surface area (Å²) in [6.45, 7) is 0.419. The Kier molecular flexibility index (Phi) is 2.11. The number of aliphatic hydroxyl groups excluding tert-OH is 1. The summed E-state index contributed by atoms with van der Waals surface area (Å²) < 4.78 is 10.7. The molecule has 1 saturated heterocycles. The lowest BCUT2D eigenvalue weighted by atomic mass is 10.1. The quantitative estimate of drug-likeness (QED) is 0.563. The van der Waals surface area contributed by atoms with E-state index in [0.29, 0.717) is 6.79 Å². The Balaban J connectivity index is 1.98. The van der Waals surface area contributed by atoms with Gasteiger partial charge in [0.1, 0.15) is 6.79 Å². The number of ether oxygens (including phenoxy) is 2. The molecule has 2 fully saturated rings. The highest BCUT2D eigenvalue weighted by Crippen LogP contribution is 2.27.